The van der Waals surface area contributed by atoms with Crippen molar-refractivity contribution in [1.29, 1.82) is 0 Å². The Labute approximate surface area is 94.4 Å². The zero-order chi connectivity index (χ0) is 11.8. The zero-order valence-electron chi connectivity index (χ0n) is 7.34. The molecule has 1 aromatic heterocycles. The van der Waals surface area contributed by atoms with Crippen molar-refractivity contribution < 1.29 is 17.2 Å². The SMILES string of the molecule is Cc1ncc(Cl)c(C(F)F)c1S(=O)(=O)Cl. The summed E-state index contributed by atoms with van der Waals surface area (Å²) in [5.74, 6) is 0. The summed E-state index contributed by atoms with van der Waals surface area (Å²) in [6.45, 7) is 1.26. The van der Waals surface area contributed by atoms with Crippen LogP contribution in [0.5, 0.6) is 0 Å². The zero-order valence-corrected chi connectivity index (χ0v) is 9.67. The Kier molecular flexibility index (Phi) is 3.52. The summed E-state index contributed by atoms with van der Waals surface area (Å²) in [6, 6.07) is 0. The predicted molar refractivity (Wildman–Crippen MR) is 52.0 cm³/mol. The molecule has 0 N–H and O–H groups in total. The van der Waals surface area contributed by atoms with E-state index in [4.69, 9.17) is 22.3 Å². The number of alkyl halides is 2. The lowest BCUT2D eigenvalue weighted by atomic mass is 10.2. The predicted octanol–water partition coefficient (Wildman–Crippen LogP) is 2.91. The Hall–Kier alpha value is -0.460. The Bertz CT molecular complexity index is 490. The second kappa shape index (κ2) is 4.19. The van der Waals surface area contributed by atoms with Gasteiger partial charge in [-0.05, 0) is 6.92 Å². The summed E-state index contributed by atoms with van der Waals surface area (Å²) < 4.78 is 47.3. The number of halogens is 4. The molecule has 1 heterocycles. The van der Waals surface area contributed by atoms with E-state index >= 15 is 0 Å². The standard InChI is InChI=1S/C7H5Cl2F2NO2S/c1-3-6(15(9,13)14)5(7(10)11)4(8)2-12-3/h2,7H,1H3. The number of pyridine rings is 1. The minimum Gasteiger partial charge on any atom is -0.259 e. The molecule has 3 nitrogen and oxygen atoms in total. The monoisotopic (exact) mass is 275 g/mol. The van der Waals surface area contributed by atoms with Crippen LogP contribution >= 0.6 is 22.3 Å². The average molecular weight is 276 g/mol. The van der Waals surface area contributed by atoms with Gasteiger partial charge >= 0.3 is 0 Å². The van der Waals surface area contributed by atoms with Crippen molar-refractivity contribution in [2.24, 2.45) is 0 Å². The molecule has 0 fully saturated rings. The molecule has 0 aliphatic rings. The highest BCUT2D eigenvalue weighted by Crippen LogP contribution is 2.35. The molecule has 0 saturated heterocycles. The minimum atomic E-state index is -4.29. The number of rotatable bonds is 2. The topological polar surface area (TPSA) is 47.0 Å². The van der Waals surface area contributed by atoms with Gasteiger partial charge in [0.25, 0.3) is 15.5 Å². The van der Waals surface area contributed by atoms with Crippen LogP contribution in [0.15, 0.2) is 11.1 Å². The fraction of sp³-hybridized carbons (Fsp3) is 0.286. The van der Waals surface area contributed by atoms with E-state index in [1.165, 1.54) is 6.92 Å². The first-order chi connectivity index (χ1) is 6.75. The molecule has 84 valence electrons. The molecule has 8 heteroatoms. The van der Waals surface area contributed by atoms with E-state index in [1.54, 1.807) is 0 Å². The normalized spacial score (nSPS) is 12.1. The molecule has 0 atom stereocenters. The van der Waals surface area contributed by atoms with E-state index in [-0.39, 0.29) is 5.69 Å². The third-order valence-corrected chi connectivity index (χ3v) is 3.43. The first kappa shape index (κ1) is 12.6. The van der Waals surface area contributed by atoms with Crippen molar-refractivity contribution in [3.63, 3.8) is 0 Å². The molecule has 0 saturated carbocycles. The van der Waals surface area contributed by atoms with Gasteiger partial charge in [0.05, 0.1) is 16.3 Å². The third-order valence-electron chi connectivity index (χ3n) is 1.66. The van der Waals surface area contributed by atoms with E-state index in [0.717, 1.165) is 6.20 Å². The Morgan fingerprint density at radius 3 is 2.33 bits per heavy atom. The maximum absolute atomic E-state index is 12.6. The van der Waals surface area contributed by atoms with Gasteiger partial charge in [-0.15, -0.1) is 0 Å². The van der Waals surface area contributed by atoms with Crippen LogP contribution in [-0.2, 0) is 9.05 Å². The van der Waals surface area contributed by atoms with Crippen LogP contribution in [0.4, 0.5) is 8.78 Å². The summed E-state index contributed by atoms with van der Waals surface area (Å²) in [4.78, 5) is 2.84. The summed E-state index contributed by atoms with van der Waals surface area (Å²) in [5, 5.41) is -0.421. The van der Waals surface area contributed by atoms with Crippen molar-refractivity contribution in [3.8, 4) is 0 Å². The Morgan fingerprint density at radius 1 is 1.47 bits per heavy atom. The molecule has 1 aromatic rings. The summed E-state index contributed by atoms with van der Waals surface area (Å²) in [7, 11) is 0.739. The highest BCUT2D eigenvalue weighted by molar-refractivity contribution is 8.13. The van der Waals surface area contributed by atoms with Gasteiger partial charge in [0.2, 0.25) is 0 Å². The lowest BCUT2D eigenvalue weighted by molar-refractivity contribution is 0.148. The number of aryl methyl sites for hydroxylation is 1. The molecular weight excluding hydrogens is 271 g/mol. The summed E-state index contributed by atoms with van der Waals surface area (Å²) in [6.07, 6.45) is -2.06. The first-order valence-corrected chi connectivity index (χ1v) is 6.31. The molecule has 0 amide bonds. The number of hydrogen-bond acceptors (Lipinski definition) is 3. The molecule has 15 heavy (non-hydrogen) atoms. The van der Waals surface area contributed by atoms with Crippen molar-refractivity contribution in [3.05, 3.63) is 22.5 Å². The Morgan fingerprint density at radius 2 is 2.00 bits per heavy atom. The minimum absolute atomic E-state index is 0.107. The maximum atomic E-state index is 12.6. The average Bonchev–Trinajstić information content (AvgIpc) is 2.05. The smallest absolute Gasteiger partial charge is 0.259 e. The van der Waals surface area contributed by atoms with Crippen LogP contribution in [0.3, 0.4) is 0 Å². The lowest BCUT2D eigenvalue weighted by Gasteiger charge is -2.09. The van der Waals surface area contributed by atoms with Crippen LogP contribution in [0.25, 0.3) is 0 Å². The number of hydrogen-bond donors (Lipinski definition) is 0. The van der Waals surface area contributed by atoms with Crippen LogP contribution < -0.4 is 0 Å². The summed E-state index contributed by atoms with van der Waals surface area (Å²) >= 11 is 5.44. The highest BCUT2D eigenvalue weighted by atomic mass is 35.7. The van der Waals surface area contributed by atoms with Crippen LogP contribution in [0.2, 0.25) is 5.02 Å². The van der Waals surface area contributed by atoms with Gasteiger partial charge < -0.3 is 0 Å². The molecule has 0 bridgehead atoms. The molecule has 1 rings (SSSR count). The van der Waals surface area contributed by atoms with Crippen LogP contribution in [0, 0.1) is 6.92 Å². The summed E-state index contributed by atoms with van der Waals surface area (Å²) in [5.41, 5.74) is -0.913. The Balaban J connectivity index is 3.68. The third kappa shape index (κ3) is 2.56. The second-order valence-electron chi connectivity index (χ2n) is 2.67. The van der Waals surface area contributed by atoms with Gasteiger partial charge in [-0.1, -0.05) is 11.6 Å². The van der Waals surface area contributed by atoms with E-state index in [1.807, 2.05) is 0 Å². The fourth-order valence-corrected chi connectivity index (χ4v) is 2.83. The van der Waals surface area contributed by atoms with Gasteiger partial charge in [0.1, 0.15) is 4.90 Å². The van der Waals surface area contributed by atoms with Crippen LogP contribution in [-0.4, -0.2) is 13.4 Å². The quantitative estimate of drug-likeness (QED) is 0.780. The fourth-order valence-electron chi connectivity index (χ4n) is 1.10. The van der Waals surface area contributed by atoms with E-state index in [9.17, 15) is 17.2 Å². The second-order valence-corrected chi connectivity index (χ2v) is 5.58. The van der Waals surface area contributed by atoms with Gasteiger partial charge in [0.15, 0.2) is 0 Å². The number of aromatic nitrogens is 1. The van der Waals surface area contributed by atoms with Crippen LogP contribution in [0.1, 0.15) is 17.7 Å². The molecule has 0 aromatic carbocycles. The largest absolute Gasteiger partial charge is 0.266 e. The van der Waals surface area contributed by atoms with Gasteiger partial charge in [-0.25, -0.2) is 17.2 Å². The molecule has 0 spiro atoms. The molecule has 0 aliphatic heterocycles. The van der Waals surface area contributed by atoms with E-state index in [2.05, 4.69) is 4.98 Å². The number of nitrogens with zero attached hydrogens (tertiary/aromatic N) is 1. The van der Waals surface area contributed by atoms with E-state index < -0.39 is 31.0 Å². The van der Waals surface area contributed by atoms with Gasteiger partial charge in [-0.2, -0.15) is 0 Å². The van der Waals surface area contributed by atoms with Gasteiger partial charge in [0, 0.05) is 16.9 Å². The maximum Gasteiger partial charge on any atom is 0.266 e. The molecular formula is C7H5Cl2F2NO2S. The molecule has 0 aliphatic carbocycles. The van der Waals surface area contributed by atoms with Crippen molar-refractivity contribution in [1.82, 2.24) is 4.98 Å². The first-order valence-electron chi connectivity index (χ1n) is 3.63. The van der Waals surface area contributed by atoms with Crippen molar-refractivity contribution >= 4 is 31.3 Å². The molecule has 0 unspecified atom stereocenters. The highest BCUT2D eigenvalue weighted by Gasteiger charge is 2.27. The van der Waals surface area contributed by atoms with E-state index in [0.29, 0.717) is 0 Å². The van der Waals surface area contributed by atoms with Gasteiger partial charge in [-0.3, -0.25) is 4.98 Å². The molecule has 0 radical (unpaired) electrons. The van der Waals surface area contributed by atoms with Crippen molar-refractivity contribution in [2.75, 3.05) is 0 Å². The van der Waals surface area contributed by atoms with Crippen molar-refractivity contribution in [2.45, 2.75) is 18.2 Å². The lowest BCUT2D eigenvalue weighted by Crippen LogP contribution is -2.04.